The number of carbonyl (C=O) groups is 2. The number of nitrogens with zero attached hydrogens (tertiary/aromatic N) is 6. The number of ketones is 1. The van der Waals surface area contributed by atoms with Crippen molar-refractivity contribution in [3.8, 4) is 5.75 Å². The average molecular weight is 966 g/mol. The molecule has 0 saturated carbocycles. The van der Waals surface area contributed by atoms with Crippen molar-refractivity contribution >= 4 is 48.2 Å². The molecule has 0 radical (unpaired) electrons. The second-order valence-corrected chi connectivity index (χ2v) is 17.8. The van der Waals surface area contributed by atoms with Gasteiger partial charge in [0.15, 0.2) is 35.2 Å². The van der Waals surface area contributed by atoms with E-state index in [2.05, 4.69) is 19.9 Å². The van der Waals surface area contributed by atoms with Crippen molar-refractivity contribution in [2.75, 3.05) is 59.6 Å². The van der Waals surface area contributed by atoms with Crippen LogP contribution >= 0.6 is 19.4 Å². The SMILES string of the molecule is COC1OC2C(COP(=O)(Oc3ccccc3Cl)OC3C(COC(=O)CCC(C)=O)OC(n4ccc(=O)[nH]c4=O)C3OC3(OC)CCOCC3)OC(n3cnc4c(N(C)C)ncnc43)C2O1. The van der Waals surface area contributed by atoms with Crippen LogP contribution in [0.2, 0.25) is 5.02 Å². The number of anilines is 1. The summed E-state index contributed by atoms with van der Waals surface area (Å²) < 4.78 is 91.2. The number of methoxy groups -OCH3 is 2. The van der Waals surface area contributed by atoms with E-state index >= 15 is 4.57 Å². The summed E-state index contributed by atoms with van der Waals surface area (Å²) in [6.07, 6.45) is -5.35. The smallest absolute Gasteiger partial charge is 0.463 e. The fourth-order valence-corrected chi connectivity index (χ4v) is 9.60. The molecule has 8 rings (SSSR count). The summed E-state index contributed by atoms with van der Waals surface area (Å²) in [5.41, 5.74) is -0.674. The van der Waals surface area contributed by atoms with Crippen molar-refractivity contribution in [2.45, 2.75) is 93.9 Å². The molecule has 1 N–H and O–H groups in total. The monoisotopic (exact) mass is 965 g/mol. The van der Waals surface area contributed by atoms with Crippen molar-refractivity contribution < 1.29 is 70.4 Å². The van der Waals surface area contributed by atoms with Gasteiger partial charge in [0.25, 0.3) is 12.0 Å². The van der Waals surface area contributed by atoms with Crippen LogP contribution in [0.1, 0.15) is 45.1 Å². The van der Waals surface area contributed by atoms with Crippen molar-refractivity contribution in [1.29, 1.82) is 0 Å². The molecule has 4 aliphatic heterocycles. The number of hydrogen-bond donors (Lipinski definition) is 1. The van der Waals surface area contributed by atoms with Gasteiger partial charge in [0.2, 0.25) is 0 Å². The molecule has 0 bridgehead atoms. The molecular weight excluding hydrogens is 917 g/mol. The lowest BCUT2D eigenvalue weighted by atomic mass is 10.1. The van der Waals surface area contributed by atoms with E-state index in [1.807, 2.05) is 14.1 Å². The van der Waals surface area contributed by atoms with Gasteiger partial charge in [-0.25, -0.2) is 24.3 Å². The highest BCUT2D eigenvalue weighted by atomic mass is 35.5. The Morgan fingerprint density at radius 3 is 2.41 bits per heavy atom. The summed E-state index contributed by atoms with van der Waals surface area (Å²) >= 11 is 6.55. The molecule has 0 amide bonds. The fraction of sp³-hybridized carbons (Fsp3) is 0.575. The minimum atomic E-state index is -5.03. The molecule has 1 aromatic carbocycles. The summed E-state index contributed by atoms with van der Waals surface area (Å²) in [6, 6.07) is 7.22. The number of ether oxygens (including phenoxy) is 9. The first-order valence-corrected chi connectivity index (χ1v) is 22.7. The zero-order chi connectivity index (χ0) is 46.8. The lowest BCUT2D eigenvalue weighted by Gasteiger charge is -2.40. The van der Waals surface area contributed by atoms with E-state index < -0.39 is 99.6 Å². The molecule has 4 aromatic rings. The van der Waals surface area contributed by atoms with Crippen molar-refractivity contribution in [3.05, 3.63) is 75.0 Å². The van der Waals surface area contributed by atoms with Crippen LogP contribution in [0.3, 0.4) is 0 Å². The number of benzene rings is 1. The van der Waals surface area contributed by atoms with Crippen LogP contribution in [0, 0.1) is 0 Å². The highest BCUT2D eigenvalue weighted by molar-refractivity contribution is 7.49. The van der Waals surface area contributed by atoms with Crippen LogP contribution in [-0.4, -0.2) is 144 Å². The Labute approximate surface area is 381 Å². The van der Waals surface area contributed by atoms with Gasteiger partial charge >= 0.3 is 19.5 Å². The minimum absolute atomic E-state index is 0.0355. The van der Waals surface area contributed by atoms with E-state index in [0.29, 0.717) is 17.0 Å². The number of H-pyrrole nitrogens is 1. The molecular formula is C40H49ClN7O17P. The Morgan fingerprint density at radius 1 is 0.939 bits per heavy atom. The van der Waals surface area contributed by atoms with Gasteiger partial charge in [0, 0.05) is 59.8 Å². The van der Waals surface area contributed by atoms with Gasteiger partial charge in [0.05, 0.1) is 37.6 Å². The first kappa shape index (κ1) is 47.8. The van der Waals surface area contributed by atoms with E-state index in [1.165, 1.54) is 52.1 Å². The van der Waals surface area contributed by atoms with Crippen molar-refractivity contribution in [3.63, 3.8) is 0 Å². The second kappa shape index (κ2) is 20.3. The molecule has 24 nitrogen and oxygen atoms in total. The number of rotatable bonds is 19. The number of hydrogen-bond acceptors (Lipinski definition) is 21. The standard InChI is InChI=1S/C40H49ClN7O17P/c1-22(49)10-11-28(51)57-18-25-31(33(63-40(55-5)13-16-56-17-14-40)37(59-25)47-15-12-27(50)45-38(47)52)65-66(53,64-24-9-7-6-8-23(24)41)58-19-26-30-32(62-39(54-4)61-30)36(60-26)48-21-44-29-34(46(2)3)42-20-43-35(29)48/h6-9,12,15,20-21,25-26,30-33,36-37,39H,10-11,13-14,16-19H2,1-5H3,(H,45,50,52). The number of phosphoric acid groups is 1. The van der Waals surface area contributed by atoms with E-state index in [9.17, 15) is 19.2 Å². The Hall–Kier alpha value is -4.69. The third-order valence-electron chi connectivity index (χ3n) is 11.2. The first-order chi connectivity index (χ1) is 31.7. The van der Waals surface area contributed by atoms with Crippen molar-refractivity contribution in [1.82, 2.24) is 29.1 Å². The molecule has 10 atom stereocenters. The van der Waals surface area contributed by atoms with Crippen LogP contribution in [0.25, 0.3) is 11.2 Å². The largest absolute Gasteiger partial charge is 0.530 e. The molecule has 0 aliphatic carbocycles. The van der Waals surface area contributed by atoms with Gasteiger partial charge in [-0.2, -0.15) is 0 Å². The van der Waals surface area contributed by atoms with Crippen LogP contribution < -0.4 is 20.7 Å². The molecule has 7 heterocycles. The number of carbonyl (C=O) groups excluding carboxylic acids is 2. The highest BCUT2D eigenvalue weighted by Gasteiger charge is 2.57. The van der Waals surface area contributed by atoms with Crippen LogP contribution in [0.4, 0.5) is 5.82 Å². The van der Waals surface area contributed by atoms with Crippen LogP contribution in [0.5, 0.6) is 5.75 Å². The quantitative estimate of drug-likeness (QED) is 0.0804. The lowest BCUT2D eigenvalue weighted by molar-refractivity contribution is -0.292. The number of fused-ring (bicyclic) bond motifs is 2. The number of imidazole rings is 1. The predicted octanol–water partition coefficient (Wildman–Crippen LogP) is 2.64. The number of nitrogens with one attached hydrogen (secondary N) is 1. The summed E-state index contributed by atoms with van der Waals surface area (Å²) in [5, 5.41) is 0.0355. The van der Waals surface area contributed by atoms with E-state index in [0.717, 1.165) is 10.6 Å². The highest BCUT2D eigenvalue weighted by Crippen LogP contribution is 2.56. The van der Waals surface area contributed by atoms with Gasteiger partial charge in [-0.3, -0.25) is 32.8 Å². The van der Waals surface area contributed by atoms with E-state index in [-0.39, 0.29) is 55.5 Å². The molecule has 66 heavy (non-hydrogen) atoms. The molecule has 0 spiro atoms. The summed E-state index contributed by atoms with van der Waals surface area (Å²) in [4.78, 5) is 67.6. The Kier molecular flexibility index (Phi) is 14.7. The minimum Gasteiger partial charge on any atom is -0.463 e. The number of aromatic amines is 1. The molecule has 3 aromatic heterocycles. The van der Waals surface area contributed by atoms with Gasteiger partial charge < -0.3 is 56.8 Å². The summed E-state index contributed by atoms with van der Waals surface area (Å²) in [6.45, 7) is -0.428. The number of esters is 1. The van der Waals surface area contributed by atoms with E-state index in [1.54, 1.807) is 21.6 Å². The number of aromatic nitrogens is 6. The number of para-hydroxylation sites is 1. The normalized spacial score (nSPS) is 27.9. The fourth-order valence-electron chi connectivity index (χ4n) is 7.93. The summed E-state index contributed by atoms with van der Waals surface area (Å²) in [5.74, 6) is -1.92. The van der Waals surface area contributed by atoms with E-state index in [4.69, 9.17) is 67.8 Å². The molecule has 4 aliphatic rings. The third-order valence-corrected chi connectivity index (χ3v) is 12.9. The van der Waals surface area contributed by atoms with Crippen molar-refractivity contribution in [2.24, 2.45) is 0 Å². The molecule has 10 unspecified atom stereocenters. The number of halogens is 1. The zero-order valence-electron chi connectivity index (χ0n) is 36.4. The third kappa shape index (κ3) is 10.2. The molecule has 358 valence electrons. The first-order valence-electron chi connectivity index (χ1n) is 20.8. The maximum atomic E-state index is 15.5. The summed E-state index contributed by atoms with van der Waals surface area (Å²) in [7, 11) is 1.44. The van der Waals surface area contributed by atoms with Gasteiger partial charge in [0.1, 0.15) is 61.1 Å². The Bertz CT molecular complexity index is 2540. The topological polar surface area (TPSA) is 264 Å². The lowest BCUT2D eigenvalue weighted by Crippen LogP contribution is -2.49. The maximum absolute atomic E-state index is 15.5. The molecule has 4 saturated heterocycles. The maximum Gasteiger partial charge on any atom is 0.530 e. The zero-order valence-corrected chi connectivity index (χ0v) is 38.1. The molecule has 4 fully saturated rings. The number of Topliss-reactive ketones (excluding diaryl/α,β-unsaturated/α-hetero) is 1. The molecule has 26 heteroatoms. The van der Waals surface area contributed by atoms with Gasteiger partial charge in [-0.15, -0.1) is 0 Å². The van der Waals surface area contributed by atoms with Gasteiger partial charge in [-0.05, 0) is 19.1 Å². The Balaban J connectivity index is 1.15. The van der Waals surface area contributed by atoms with Crippen LogP contribution in [-0.2, 0) is 65.8 Å². The van der Waals surface area contributed by atoms with Gasteiger partial charge in [-0.1, -0.05) is 23.7 Å². The predicted molar refractivity (Wildman–Crippen MR) is 225 cm³/mol. The average Bonchev–Trinajstić information content (AvgIpc) is 4.08. The van der Waals surface area contributed by atoms with Crippen LogP contribution in [0.15, 0.2) is 58.8 Å². The Morgan fingerprint density at radius 2 is 1.70 bits per heavy atom. The number of phosphoric ester groups is 1. The second-order valence-electron chi connectivity index (χ2n) is 15.8.